The molecule has 1 aliphatic rings. The van der Waals surface area contributed by atoms with Crippen LogP contribution in [0.3, 0.4) is 0 Å². The Morgan fingerprint density at radius 2 is 2.00 bits per heavy atom. The van der Waals surface area contributed by atoms with Crippen LogP contribution < -0.4 is 5.73 Å². The van der Waals surface area contributed by atoms with Crippen molar-refractivity contribution in [2.45, 2.75) is 39.3 Å². The van der Waals surface area contributed by atoms with E-state index in [1.165, 1.54) is 11.1 Å². The zero-order chi connectivity index (χ0) is 16.4. The van der Waals surface area contributed by atoms with Gasteiger partial charge >= 0.3 is 0 Å². The number of carbonyl (C=O) groups excluding carboxylic acids is 1. The number of nitrogens with zero attached hydrogens (tertiary/aromatic N) is 1. The maximum absolute atomic E-state index is 12.8. The van der Waals surface area contributed by atoms with Crippen molar-refractivity contribution in [3.8, 4) is 0 Å². The highest BCUT2D eigenvalue weighted by molar-refractivity contribution is 5.95. The molecule has 1 aliphatic heterocycles. The third-order valence-electron chi connectivity index (χ3n) is 4.77. The number of aryl methyl sites for hydroxylation is 1. The highest BCUT2D eigenvalue weighted by atomic mass is 16.2. The van der Waals surface area contributed by atoms with Crippen molar-refractivity contribution in [1.82, 2.24) is 4.90 Å². The van der Waals surface area contributed by atoms with Crippen molar-refractivity contribution in [1.29, 1.82) is 0 Å². The minimum Gasteiger partial charge on any atom is -0.334 e. The van der Waals surface area contributed by atoms with Gasteiger partial charge < -0.3 is 10.6 Å². The minimum atomic E-state index is 0.0720. The molecule has 0 aliphatic carbocycles. The molecule has 0 fully saturated rings. The lowest BCUT2D eigenvalue weighted by Crippen LogP contribution is -2.36. The molecule has 0 spiro atoms. The molecule has 0 bridgehead atoms. The third-order valence-corrected chi connectivity index (χ3v) is 4.77. The van der Waals surface area contributed by atoms with Gasteiger partial charge in [0.25, 0.3) is 5.91 Å². The topological polar surface area (TPSA) is 46.3 Å². The molecule has 120 valence electrons. The Morgan fingerprint density at radius 3 is 2.74 bits per heavy atom. The average molecular weight is 308 g/mol. The molecule has 3 nitrogen and oxygen atoms in total. The smallest absolute Gasteiger partial charge is 0.254 e. The largest absolute Gasteiger partial charge is 0.334 e. The number of rotatable bonds is 3. The van der Waals surface area contributed by atoms with E-state index >= 15 is 0 Å². The van der Waals surface area contributed by atoms with Crippen molar-refractivity contribution in [2.75, 3.05) is 6.54 Å². The van der Waals surface area contributed by atoms with Gasteiger partial charge in [0.2, 0.25) is 0 Å². The van der Waals surface area contributed by atoms with Crippen molar-refractivity contribution in [3.05, 3.63) is 70.3 Å². The van der Waals surface area contributed by atoms with Gasteiger partial charge in [0.05, 0.1) is 0 Å². The lowest BCUT2D eigenvalue weighted by Gasteiger charge is -2.30. The van der Waals surface area contributed by atoms with E-state index in [9.17, 15) is 4.79 Å². The molecule has 1 heterocycles. The van der Waals surface area contributed by atoms with Gasteiger partial charge in [-0.3, -0.25) is 4.79 Å². The quantitative estimate of drug-likeness (QED) is 0.941. The van der Waals surface area contributed by atoms with Gasteiger partial charge in [-0.25, -0.2) is 0 Å². The number of fused-ring (bicyclic) bond motifs is 1. The number of benzene rings is 2. The van der Waals surface area contributed by atoms with Crippen LogP contribution in [0.1, 0.15) is 52.0 Å². The van der Waals surface area contributed by atoms with E-state index in [1.54, 1.807) is 0 Å². The summed E-state index contributed by atoms with van der Waals surface area (Å²) in [5, 5.41) is 0. The fraction of sp³-hybridized carbons (Fsp3) is 0.350. The highest BCUT2D eigenvalue weighted by Crippen LogP contribution is 2.25. The number of nitrogens with two attached hydrogens (primary N) is 1. The first kappa shape index (κ1) is 15.8. The molecule has 3 rings (SSSR count). The number of hydrogen-bond acceptors (Lipinski definition) is 2. The van der Waals surface area contributed by atoms with E-state index in [1.807, 2.05) is 36.1 Å². The summed E-state index contributed by atoms with van der Waals surface area (Å²) >= 11 is 0. The SMILES string of the molecule is CCC(N)c1ccc2c(c1)CN(C(=O)c1ccccc1C)CC2. The molecule has 1 atom stereocenters. The Bertz CT molecular complexity index is 723. The lowest BCUT2D eigenvalue weighted by molar-refractivity contribution is 0.0734. The molecule has 1 amide bonds. The van der Waals surface area contributed by atoms with Gasteiger partial charge in [0.15, 0.2) is 0 Å². The maximum Gasteiger partial charge on any atom is 0.254 e. The van der Waals surface area contributed by atoms with Crippen LogP contribution in [0.15, 0.2) is 42.5 Å². The third kappa shape index (κ3) is 3.15. The fourth-order valence-corrected chi connectivity index (χ4v) is 3.20. The molecule has 2 aromatic rings. The summed E-state index contributed by atoms with van der Waals surface area (Å²) in [6.07, 6.45) is 1.83. The predicted octanol–water partition coefficient (Wildman–Crippen LogP) is 3.60. The predicted molar refractivity (Wildman–Crippen MR) is 93.3 cm³/mol. The van der Waals surface area contributed by atoms with Crippen LogP contribution in [-0.2, 0) is 13.0 Å². The van der Waals surface area contributed by atoms with Gasteiger partial charge in [-0.1, -0.05) is 43.3 Å². The Hall–Kier alpha value is -2.13. The fourth-order valence-electron chi connectivity index (χ4n) is 3.20. The van der Waals surface area contributed by atoms with Crippen LogP contribution >= 0.6 is 0 Å². The van der Waals surface area contributed by atoms with E-state index in [-0.39, 0.29) is 11.9 Å². The Kier molecular flexibility index (Phi) is 4.49. The second-order valence-electron chi connectivity index (χ2n) is 6.33. The molecule has 0 aromatic heterocycles. The van der Waals surface area contributed by atoms with Crippen LogP contribution in [0.5, 0.6) is 0 Å². The van der Waals surface area contributed by atoms with Gasteiger partial charge in [-0.15, -0.1) is 0 Å². The number of hydrogen-bond donors (Lipinski definition) is 1. The molecule has 0 radical (unpaired) electrons. The Balaban J connectivity index is 1.84. The Morgan fingerprint density at radius 1 is 1.22 bits per heavy atom. The zero-order valence-corrected chi connectivity index (χ0v) is 13.9. The van der Waals surface area contributed by atoms with Crippen LogP contribution in [0.25, 0.3) is 0 Å². The molecule has 2 aromatic carbocycles. The number of amides is 1. The second-order valence-corrected chi connectivity index (χ2v) is 6.33. The first-order chi connectivity index (χ1) is 11.1. The van der Waals surface area contributed by atoms with Gasteiger partial charge in [-0.2, -0.15) is 0 Å². The van der Waals surface area contributed by atoms with Crippen molar-refractivity contribution in [3.63, 3.8) is 0 Å². The first-order valence-electron chi connectivity index (χ1n) is 8.32. The molecule has 23 heavy (non-hydrogen) atoms. The van der Waals surface area contributed by atoms with E-state index in [2.05, 4.69) is 25.1 Å². The summed E-state index contributed by atoms with van der Waals surface area (Å²) in [5.74, 6) is 0.124. The summed E-state index contributed by atoms with van der Waals surface area (Å²) in [7, 11) is 0. The molecule has 2 N–H and O–H groups in total. The van der Waals surface area contributed by atoms with Crippen molar-refractivity contribution in [2.24, 2.45) is 5.73 Å². The summed E-state index contributed by atoms with van der Waals surface area (Å²) in [4.78, 5) is 14.8. The minimum absolute atomic E-state index is 0.0720. The zero-order valence-electron chi connectivity index (χ0n) is 13.9. The average Bonchev–Trinajstić information content (AvgIpc) is 2.60. The molecule has 0 saturated carbocycles. The van der Waals surface area contributed by atoms with Crippen LogP contribution in [0, 0.1) is 6.92 Å². The number of carbonyl (C=O) groups is 1. The summed E-state index contributed by atoms with van der Waals surface area (Å²) in [5.41, 5.74) is 11.7. The standard InChI is InChI=1S/C20H24N2O/c1-3-19(21)16-9-8-15-10-11-22(13-17(15)12-16)20(23)18-7-5-4-6-14(18)2/h4-9,12,19H,3,10-11,13,21H2,1-2H3. The molecule has 0 saturated heterocycles. The van der Waals surface area contributed by atoms with Crippen molar-refractivity contribution < 1.29 is 4.79 Å². The van der Waals surface area contributed by atoms with Gasteiger partial charge in [0, 0.05) is 24.7 Å². The molecular weight excluding hydrogens is 284 g/mol. The van der Waals surface area contributed by atoms with Crippen molar-refractivity contribution >= 4 is 5.91 Å². The lowest BCUT2D eigenvalue weighted by atomic mass is 9.94. The highest BCUT2D eigenvalue weighted by Gasteiger charge is 2.23. The van der Waals surface area contributed by atoms with Crippen LogP contribution in [0.4, 0.5) is 0 Å². The molecular formula is C20H24N2O. The summed E-state index contributed by atoms with van der Waals surface area (Å²) in [6.45, 7) is 5.54. The second kappa shape index (κ2) is 6.55. The van der Waals surface area contributed by atoms with Crippen LogP contribution in [-0.4, -0.2) is 17.4 Å². The molecule has 3 heteroatoms. The van der Waals surface area contributed by atoms with E-state index < -0.39 is 0 Å². The summed E-state index contributed by atoms with van der Waals surface area (Å²) in [6, 6.07) is 14.4. The monoisotopic (exact) mass is 308 g/mol. The van der Waals surface area contributed by atoms with Gasteiger partial charge in [0.1, 0.15) is 0 Å². The van der Waals surface area contributed by atoms with E-state index in [0.29, 0.717) is 6.54 Å². The Labute approximate surface area is 138 Å². The van der Waals surface area contributed by atoms with E-state index in [0.717, 1.165) is 36.1 Å². The maximum atomic E-state index is 12.8. The summed E-state index contributed by atoms with van der Waals surface area (Å²) < 4.78 is 0. The van der Waals surface area contributed by atoms with Crippen LogP contribution in [0.2, 0.25) is 0 Å². The normalized spacial score (nSPS) is 15.2. The molecule has 1 unspecified atom stereocenters. The van der Waals surface area contributed by atoms with E-state index in [4.69, 9.17) is 5.73 Å². The van der Waals surface area contributed by atoms with Gasteiger partial charge in [-0.05, 0) is 48.1 Å². The first-order valence-corrected chi connectivity index (χ1v) is 8.32.